The maximum atomic E-state index is 4.90. The lowest BCUT2D eigenvalue weighted by atomic mass is 9.86. The van der Waals surface area contributed by atoms with E-state index in [1.54, 1.807) is 0 Å². The SMILES string of the molecule is CCNC(=NCCCc1nnc2ccccn12)N1CCC2(CCCC2)C1.I. The number of rotatable bonds is 5. The van der Waals surface area contributed by atoms with E-state index >= 15 is 0 Å². The summed E-state index contributed by atoms with van der Waals surface area (Å²) in [5.74, 6) is 2.12. The van der Waals surface area contributed by atoms with Crippen LogP contribution in [0.3, 0.4) is 0 Å². The van der Waals surface area contributed by atoms with Gasteiger partial charge in [-0.15, -0.1) is 34.2 Å². The van der Waals surface area contributed by atoms with Gasteiger partial charge in [0.1, 0.15) is 5.82 Å². The minimum absolute atomic E-state index is 0. The highest BCUT2D eigenvalue weighted by Gasteiger charge is 2.41. The van der Waals surface area contributed by atoms with Crippen LogP contribution in [0, 0.1) is 5.41 Å². The number of aromatic nitrogens is 3. The second kappa shape index (κ2) is 9.21. The summed E-state index contributed by atoms with van der Waals surface area (Å²) in [7, 11) is 0. The van der Waals surface area contributed by atoms with Crippen LogP contribution in [0.2, 0.25) is 0 Å². The number of hydrogen-bond acceptors (Lipinski definition) is 3. The molecule has 0 atom stereocenters. The summed E-state index contributed by atoms with van der Waals surface area (Å²) in [5.41, 5.74) is 1.50. The number of likely N-dealkylation sites (tertiary alicyclic amines) is 1. The Hall–Kier alpha value is -1.38. The summed E-state index contributed by atoms with van der Waals surface area (Å²) >= 11 is 0. The van der Waals surface area contributed by atoms with Crippen molar-refractivity contribution in [1.29, 1.82) is 0 Å². The number of aryl methyl sites for hydroxylation is 1. The first-order valence-corrected chi connectivity index (χ1v) is 10.1. The molecule has 2 aromatic heterocycles. The van der Waals surface area contributed by atoms with E-state index in [2.05, 4.69) is 31.7 Å². The Morgan fingerprint density at radius 1 is 1.22 bits per heavy atom. The zero-order valence-corrected chi connectivity index (χ0v) is 18.6. The Balaban J connectivity index is 0.00000210. The Morgan fingerprint density at radius 3 is 2.89 bits per heavy atom. The predicted octanol–water partition coefficient (Wildman–Crippen LogP) is 3.51. The van der Waals surface area contributed by atoms with E-state index in [9.17, 15) is 0 Å². The highest BCUT2D eigenvalue weighted by molar-refractivity contribution is 14.0. The van der Waals surface area contributed by atoms with Crippen molar-refractivity contribution >= 4 is 35.6 Å². The van der Waals surface area contributed by atoms with Gasteiger partial charge in [-0.25, -0.2) is 0 Å². The summed E-state index contributed by atoms with van der Waals surface area (Å²) < 4.78 is 2.07. The molecule has 7 heteroatoms. The van der Waals surface area contributed by atoms with Gasteiger partial charge in [0, 0.05) is 38.8 Å². The van der Waals surface area contributed by atoms with E-state index in [1.165, 1.54) is 38.6 Å². The molecular formula is C20H31IN6. The molecule has 4 rings (SSSR count). The Kier molecular flexibility index (Phi) is 6.94. The maximum absolute atomic E-state index is 4.90. The normalized spacial score (nSPS) is 19.0. The lowest BCUT2D eigenvalue weighted by Crippen LogP contribution is -2.41. The molecule has 0 aromatic carbocycles. The van der Waals surface area contributed by atoms with Gasteiger partial charge < -0.3 is 10.2 Å². The van der Waals surface area contributed by atoms with Crippen LogP contribution < -0.4 is 5.32 Å². The first kappa shape index (κ1) is 20.4. The Labute approximate surface area is 178 Å². The number of hydrogen-bond donors (Lipinski definition) is 1. The van der Waals surface area contributed by atoms with Gasteiger partial charge in [0.25, 0.3) is 0 Å². The standard InChI is InChI=1S/C20H30N6.HI/c1-2-21-19(25-15-12-20(16-25)10-4-5-11-20)22-13-7-9-18-24-23-17-8-3-6-14-26(17)18;/h3,6,8,14H,2,4-5,7,9-13,15-16H2,1H3,(H,21,22);1H. The third-order valence-electron chi connectivity index (χ3n) is 5.94. The number of guanidine groups is 1. The van der Waals surface area contributed by atoms with Gasteiger partial charge in [-0.05, 0) is 50.2 Å². The van der Waals surface area contributed by atoms with Crippen LogP contribution in [0.4, 0.5) is 0 Å². The van der Waals surface area contributed by atoms with E-state index < -0.39 is 0 Å². The lowest BCUT2D eigenvalue weighted by Gasteiger charge is -2.26. The van der Waals surface area contributed by atoms with E-state index in [0.717, 1.165) is 49.9 Å². The van der Waals surface area contributed by atoms with Gasteiger partial charge in [-0.2, -0.15) is 0 Å². The van der Waals surface area contributed by atoms with Crippen LogP contribution >= 0.6 is 24.0 Å². The summed E-state index contributed by atoms with van der Waals surface area (Å²) in [5, 5.41) is 12.0. The number of nitrogens with one attached hydrogen (secondary N) is 1. The van der Waals surface area contributed by atoms with Gasteiger partial charge in [0.15, 0.2) is 11.6 Å². The molecule has 1 N–H and O–H groups in total. The van der Waals surface area contributed by atoms with Gasteiger partial charge in [-0.3, -0.25) is 9.39 Å². The molecule has 2 fully saturated rings. The second-order valence-electron chi connectivity index (χ2n) is 7.76. The van der Waals surface area contributed by atoms with E-state index in [0.29, 0.717) is 5.41 Å². The van der Waals surface area contributed by atoms with Crippen molar-refractivity contribution < 1.29 is 0 Å². The molecule has 1 aliphatic heterocycles. The summed E-state index contributed by atoms with van der Waals surface area (Å²) in [4.78, 5) is 7.39. The fourth-order valence-electron chi connectivity index (χ4n) is 4.56. The zero-order valence-electron chi connectivity index (χ0n) is 16.2. The molecule has 2 aliphatic rings. The smallest absolute Gasteiger partial charge is 0.193 e. The zero-order chi connectivity index (χ0) is 17.8. The van der Waals surface area contributed by atoms with Crippen molar-refractivity contribution in [2.75, 3.05) is 26.2 Å². The molecule has 1 saturated carbocycles. The van der Waals surface area contributed by atoms with Gasteiger partial charge in [0.2, 0.25) is 0 Å². The molecule has 0 bridgehead atoms. The first-order valence-electron chi connectivity index (χ1n) is 10.1. The number of halogens is 1. The molecule has 148 valence electrons. The quantitative estimate of drug-likeness (QED) is 0.307. The Bertz CT molecular complexity index is 765. The molecular weight excluding hydrogens is 451 g/mol. The number of fused-ring (bicyclic) bond motifs is 1. The Morgan fingerprint density at radius 2 is 2.07 bits per heavy atom. The van der Waals surface area contributed by atoms with Crippen molar-refractivity contribution in [3.63, 3.8) is 0 Å². The molecule has 2 aromatic rings. The molecule has 1 aliphatic carbocycles. The molecule has 27 heavy (non-hydrogen) atoms. The van der Waals surface area contributed by atoms with Crippen LogP contribution in [0.5, 0.6) is 0 Å². The molecule has 3 heterocycles. The van der Waals surface area contributed by atoms with Crippen LogP contribution in [0.15, 0.2) is 29.4 Å². The third-order valence-corrected chi connectivity index (χ3v) is 5.94. The topological polar surface area (TPSA) is 57.8 Å². The van der Waals surface area contributed by atoms with E-state index in [4.69, 9.17) is 4.99 Å². The number of aliphatic imine (C=N–C) groups is 1. The fraction of sp³-hybridized carbons (Fsp3) is 0.650. The molecule has 0 radical (unpaired) electrons. The first-order chi connectivity index (χ1) is 12.8. The molecule has 1 spiro atoms. The fourth-order valence-corrected chi connectivity index (χ4v) is 4.56. The van der Waals surface area contributed by atoms with Crippen molar-refractivity contribution in [3.05, 3.63) is 30.2 Å². The molecule has 1 saturated heterocycles. The van der Waals surface area contributed by atoms with Gasteiger partial charge in [-0.1, -0.05) is 18.9 Å². The molecule has 6 nitrogen and oxygen atoms in total. The van der Waals surface area contributed by atoms with Crippen LogP contribution in [0.25, 0.3) is 5.65 Å². The minimum atomic E-state index is 0. The third kappa shape index (κ3) is 4.55. The van der Waals surface area contributed by atoms with Crippen molar-refractivity contribution in [3.8, 4) is 0 Å². The molecule has 0 amide bonds. The molecule has 0 unspecified atom stereocenters. The van der Waals surface area contributed by atoms with Gasteiger partial charge >= 0.3 is 0 Å². The average molecular weight is 482 g/mol. The maximum Gasteiger partial charge on any atom is 0.193 e. The highest BCUT2D eigenvalue weighted by Crippen LogP contribution is 2.45. The summed E-state index contributed by atoms with van der Waals surface area (Å²) in [6.45, 7) is 6.25. The second-order valence-corrected chi connectivity index (χ2v) is 7.76. The summed E-state index contributed by atoms with van der Waals surface area (Å²) in [6.07, 6.45) is 10.9. The summed E-state index contributed by atoms with van der Waals surface area (Å²) in [6, 6.07) is 6.01. The van der Waals surface area contributed by atoms with Crippen molar-refractivity contribution in [1.82, 2.24) is 24.8 Å². The number of nitrogens with zero attached hydrogens (tertiary/aromatic N) is 5. The highest BCUT2D eigenvalue weighted by atomic mass is 127. The van der Waals surface area contributed by atoms with Crippen molar-refractivity contribution in [2.24, 2.45) is 10.4 Å². The van der Waals surface area contributed by atoms with E-state index in [-0.39, 0.29) is 24.0 Å². The predicted molar refractivity (Wildman–Crippen MR) is 120 cm³/mol. The van der Waals surface area contributed by atoms with Crippen LogP contribution in [0.1, 0.15) is 51.3 Å². The van der Waals surface area contributed by atoms with Crippen molar-refractivity contribution in [2.45, 2.75) is 51.9 Å². The van der Waals surface area contributed by atoms with E-state index in [1.807, 2.05) is 24.4 Å². The largest absolute Gasteiger partial charge is 0.357 e. The van der Waals surface area contributed by atoms with Crippen LogP contribution in [-0.2, 0) is 6.42 Å². The number of pyridine rings is 1. The minimum Gasteiger partial charge on any atom is -0.357 e. The van der Waals surface area contributed by atoms with Crippen LogP contribution in [-0.4, -0.2) is 51.6 Å². The van der Waals surface area contributed by atoms with Gasteiger partial charge in [0.05, 0.1) is 0 Å². The average Bonchev–Trinajstić information content (AvgIpc) is 3.39. The monoisotopic (exact) mass is 482 g/mol. The lowest BCUT2D eigenvalue weighted by molar-refractivity contribution is 0.309.